The first-order valence-corrected chi connectivity index (χ1v) is 9.48. The molecule has 148 valence electrons. The fourth-order valence-electron chi connectivity index (χ4n) is 3.92. The number of carbonyl (C=O) groups excluding carboxylic acids is 1. The predicted molar refractivity (Wildman–Crippen MR) is 95.3 cm³/mol. The van der Waals surface area contributed by atoms with E-state index >= 15 is 0 Å². The molecule has 1 amide bonds. The first-order chi connectivity index (χ1) is 13.2. The third-order valence-corrected chi connectivity index (χ3v) is 6.01. The van der Waals surface area contributed by atoms with Crippen molar-refractivity contribution in [2.45, 2.75) is 31.2 Å². The Morgan fingerprint density at radius 2 is 2.00 bits per heavy atom. The van der Waals surface area contributed by atoms with Crippen LogP contribution in [-0.2, 0) is 6.18 Å². The van der Waals surface area contributed by atoms with Crippen LogP contribution in [0.2, 0.25) is 0 Å². The number of nitrogens with zero attached hydrogens (tertiary/aromatic N) is 2. The molecule has 2 aromatic rings. The molecule has 2 fully saturated rings. The number of amides is 1. The second kappa shape index (κ2) is 7.02. The van der Waals surface area contributed by atoms with Gasteiger partial charge in [0.25, 0.3) is 5.91 Å². The van der Waals surface area contributed by atoms with Gasteiger partial charge < -0.3 is 9.64 Å². The summed E-state index contributed by atoms with van der Waals surface area (Å²) in [5.41, 5.74) is -0.612. The van der Waals surface area contributed by atoms with E-state index < -0.39 is 17.6 Å². The van der Waals surface area contributed by atoms with Gasteiger partial charge >= 0.3 is 6.18 Å². The van der Waals surface area contributed by atoms with Gasteiger partial charge in [0.1, 0.15) is 11.9 Å². The molecule has 0 unspecified atom stereocenters. The summed E-state index contributed by atoms with van der Waals surface area (Å²) in [5.74, 6) is -0.491. The number of ether oxygens (including phenoxy) is 1. The number of alkyl halides is 3. The molecule has 1 aliphatic heterocycles. The lowest BCUT2D eigenvalue weighted by molar-refractivity contribution is -0.137. The maximum absolute atomic E-state index is 13.8. The zero-order chi connectivity index (χ0) is 20.1. The first-order valence-electron chi connectivity index (χ1n) is 8.69. The topological polar surface area (TPSA) is 42.4 Å². The molecule has 1 saturated heterocycles. The Labute approximate surface area is 166 Å². The Kier molecular flexibility index (Phi) is 4.81. The second-order valence-electron chi connectivity index (χ2n) is 7.00. The van der Waals surface area contributed by atoms with Crippen molar-refractivity contribution in [3.63, 3.8) is 0 Å². The molecule has 4 nitrogen and oxygen atoms in total. The van der Waals surface area contributed by atoms with E-state index in [4.69, 9.17) is 4.74 Å². The summed E-state index contributed by atoms with van der Waals surface area (Å²) in [5, 5.41) is 0. The van der Waals surface area contributed by atoms with Crippen LogP contribution >= 0.6 is 15.9 Å². The van der Waals surface area contributed by atoms with Gasteiger partial charge in [-0.15, -0.1) is 0 Å². The zero-order valence-electron chi connectivity index (χ0n) is 14.4. The predicted octanol–water partition coefficient (Wildman–Crippen LogP) is 4.68. The molecule has 1 aromatic heterocycles. The Morgan fingerprint density at radius 1 is 1.21 bits per heavy atom. The van der Waals surface area contributed by atoms with Crippen LogP contribution in [0.4, 0.5) is 17.6 Å². The molecule has 2 aliphatic rings. The summed E-state index contributed by atoms with van der Waals surface area (Å²) in [4.78, 5) is 18.3. The molecule has 4 rings (SSSR count). The number of hydrogen-bond acceptors (Lipinski definition) is 3. The molecule has 9 heteroatoms. The monoisotopic (exact) mass is 458 g/mol. The van der Waals surface area contributed by atoms with Gasteiger partial charge in [-0.1, -0.05) is 6.07 Å². The number of rotatable bonds is 3. The number of benzene rings is 1. The molecule has 1 saturated carbocycles. The summed E-state index contributed by atoms with van der Waals surface area (Å²) in [6, 6.07) is 6.17. The first kappa shape index (κ1) is 19.2. The number of pyridine rings is 1. The van der Waals surface area contributed by atoms with Gasteiger partial charge in [0.2, 0.25) is 5.88 Å². The highest BCUT2D eigenvalue weighted by Gasteiger charge is 2.48. The van der Waals surface area contributed by atoms with E-state index in [-0.39, 0.29) is 39.9 Å². The van der Waals surface area contributed by atoms with Crippen molar-refractivity contribution in [2.75, 3.05) is 6.54 Å². The lowest BCUT2D eigenvalue weighted by Crippen LogP contribution is -2.47. The van der Waals surface area contributed by atoms with Gasteiger partial charge in [-0.3, -0.25) is 4.79 Å². The van der Waals surface area contributed by atoms with Crippen LogP contribution in [0.25, 0.3) is 0 Å². The van der Waals surface area contributed by atoms with E-state index in [1.54, 1.807) is 11.0 Å². The summed E-state index contributed by atoms with van der Waals surface area (Å²) in [6.45, 7) is 0.548. The molecule has 0 N–H and O–H groups in total. The van der Waals surface area contributed by atoms with Crippen LogP contribution < -0.4 is 4.74 Å². The largest absolute Gasteiger partial charge is 0.472 e. The number of hydrogen-bond donors (Lipinski definition) is 0. The van der Waals surface area contributed by atoms with Crippen LogP contribution in [-0.4, -0.2) is 34.5 Å². The fourth-order valence-corrected chi connectivity index (χ4v) is 4.36. The maximum Gasteiger partial charge on any atom is 0.417 e. The SMILES string of the molecule is O=C(c1cccc(F)c1Br)N1C[C@H]2C[C@@H](Oc3ccc(C(F)(F)F)cn3)[C@@H]1C2. The molecule has 1 aromatic carbocycles. The third kappa shape index (κ3) is 3.47. The van der Waals surface area contributed by atoms with Crippen molar-refractivity contribution in [1.29, 1.82) is 0 Å². The van der Waals surface area contributed by atoms with Gasteiger partial charge in [0.15, 0.2) is 0 Å². The van der Waals surface area contributed by atoms with Crippen molar-refractivity contribution < 1.29 is 27.1 Å². The Bertz CT molecular complexity index is 904. The molecular weight excluding hydrogens is 444 g/mol. The molecular formula is C19H15BrF4N2O2. The Morgan fingerprint density at radius 3 is 2.64 bits per heavy atom. The van der Waals surface area contributed by atoms with Gasteiger partial charge in [-0.2, -0.15) is 13.2 Å². The maximum atomic E-state index is 13.8. The van der Waals surface area contributed by atoms with Crippen molar-refractivity contribution >= 4 is 21.8 Å². The van der Waals surface area contributed by atoms with Crippen LogP contribution in [0.5, 0.6) is 5.88 Å². The summed E-state index contributed by atoms with van der Waals surface area (Å²) >= 11 is 3.12. The van der Waals surface area contributed by atoms with Crippen molar-refractivity contribution in [1.82, 2.24) is 9.88 Å². The average molecular weight is 459 g/mol. The van der Waals surface area contributed by atoms with E-state index in [2.05, 4.69) is 20.9 Å². The third-order valence-electron chi connectivity index (χ3n) is 5.20. The number of carbonyl (C=O) groups is 1. The van der Waals surface area contributed by atoms with Crippen LogP contribution in [0.3, 0.4) is 0 Å². The summed E-state index contributed by atoms with van der Waals surface area (Å²) in [7, 11) is 0. The lowest BCUT2D eigenvalue weighted by Gasteiger charge is -2.33. The minimum Gasteiger partial charge on any atom is -0.472 e. The molecule has 0 radical (unpaired) electrons. The quantitative estimate of drug-likeness (QED) is 0.626. The van der Waals surface area contributed by atoms with Crippen molar-refractivity contribution in [2.24, 2.45) is 5.92 Å². The highest BCUT2D eigenvalue weighted by atomic mass is 79.9. The van der Waals surface area contributed by atoms with E-state index in [1.807, 2.05) is 0 Å². The number of halogens is 5. The van der Waals surface area contributed by atoms with Gasteiger partial charge in [0.05, 0.1) is 21.6 Å². The van der Waals surface area contributed by atoms with Gasteiger partial charge in [0, 0.05) is 18.8 Å². The van der Waals surface area contributed by atoms with Crippen LogP contribution in [0, 0.1) is 11.7 Å². The van der Waals surface area contributed by atoms with Gasteiger partial charge in [-0.05, 0) is 52.9 Å². The minimum atomic E-state index is -4.46. The fraction of sp³-hybridized carbons (Fsp3) is 0.368. The number of likely N-dealkylation sites (tertiary alicyclic amines) is 1. The minimum absolute atomic E-state index is 0.0879. The molecule has 2 heterocycles. The molecule has 3 atom stereocenters. The van der Waals surface area contributed by atoms with E-state index in [1.165, 1.54) is 18.2 Å². The summed E-state index contributed by atoms with van der Waals surface area (Å²) < 4.78 is 57.6. The zero-order valence-corrected chi connectivity index (χ0v) is 16.0. The highest BCUT2D eigenvalue weighted by molar-refractivity contribution is 9.10. The van der Waals surface area contributed by atoms with Crippen LogP contribution in [0.15, 0.2) is 41.0 Å². The van der Waals surface area contributed by atoms with Crippen molar-refractivity contribution in [3.8, 4) is 5.88 Å². The van der Waals surface area contributed by atoms with E-state index in [0.29, 0.717) is 13.0 Å². The Hall–Kier alpha value is -2.16. The molecule has 1 aliphatic carbocycles. The average Bonchev–Trinajstić information content (AvgIpc) is 3.23. The molecule has 2 bridgehead atoms. The normalized spacial score (nSPS) is 23.9. The smallest absolute Gasteiger partial charge is 0.417 e. The highest BCUT2D eigenvalue weighted by Crippen LogP contribution is 2.41. The molecule has 28 heavy (non-hydrogen) atoms. The number of piperidine rings is 1. The second-order valence-corrected chi connectivity index (χ2v) is 7.80. The summed E-state index contributed by atoms with van der Waals surface area (Å²) in [6.07, 6.45) is -2.65. The Balaban J connectivity index is 1.49. The van der Waals surface area contributed by atoms with Crippen molar-refractivity contribution in [3.05, 3.63) is 57.9 Å². The van der Waals surface area contributed by atoms with E-state index in [0.717, 1.165) is 18.7 Å². The number of aromatic nitrogens is 1. The van der Waals surface area contributed by atoms with Crippen LogP contribution in [0.1, 0.15) is 28.8 Å². The number of fused-ring (bicyclic) bond motifs is 2. The molecule has 0 spiro atoms. The van der Waals surface area contributed by atoms with Gasteiger partial charge in [-0.25, -0.2) is 9.37 Å². The lowest BCUT2D eigenvalue weighted by atomic mass is 10.1. The van der Waals surface area contributed by atoms with E-state index in [9.17, 15) is 22.4 Å². The standard InChI is InChI=1S/C19H15BrF4N2O2/c20-17-12(2-1-3-13(17)21)18(27)26-9-10-6-14(26)15(7-10)28-16-5-4-11(8-25-16)19(22,23)24/h1-5,8,10,14-15H,6-7,9H2/t10-,14+,15-/m1/s1.